The largest absolute Gasteiger partial charge is 0.338 e. The smallest absolute Gasteiger partial charge is 0.325 e. The molecule has 1 saturated carbocycles. The molecule has 28 heavy (non-hydrogen) atoms. The minimum atomic E-state index is -0.983. The lowest BCUT2D eigenvalue weighted by atomic mass is 9.78. The molecular formula is C22H27N3O3. The highest BCUT2D eigenvalue weighted by molar-refractivity contribution is 6.09. The Morgan fingerprint density at radius 2 is 1.89 bits per heavy atom. The highest BCUT2D eigenvalue weighted by Crippen LogP contribution is 2.41. The van der Waals surface area contributed by atoms with Gasteiger partial charge in [0, 0.05) is 12.6 Å². The number of carbonyl (C=O) groups is 3. The van der Waals surface area contributed by atoms with Gasteiger partial charge in [-0.3, -0.25) is 14.5 Å². The molecule has 4 aliphatic rings. The van der Waals surface area contributed by atoms with Crippen LogP contribution in [0.3, 0.4) is 0 Å². The second kappa shape index (κ2) is 6.61. The highest BCUT2D eigenvalue weighted by Gasteiger charge is 2.55. The van der Waals surface area contributed by atoms with Crippen LogP contribution in [0.4, 0.5) is 4.79 Å². The standard InChI is InChI=1S/C22H27N3O3/c26-19(24-13-5-8-16-7-2-4-10-18(16)24)14-25-20(27)22(23-21(25)28)12-11-15-6-1-3-9-17(15)22/h1,3,6,9,16,18H,2,4-5,7-8,10-14H2,(H,23,28). The number of piperidine rings is 1. The molecule has 0 aromatic heterocycles. The molecule has 2 aliphatic carbocycles. The van der Waals surface area contributed by atoms with E-state index in [9.17, 15) is 14.4 Å². The lowest BCUT2D eigenvalue weighted by molar-refractivity contribution is -0.143. The van der Waals surface area contributed by atoms with Gasteiger partial charge in [0.2, 0.25) is 5.91 Å². The number of likely N-dealkylation sites (tertiary alicyclic amines) is 1. The molecule has 2 aliphatic heterocycles. The first-order valence-corrected chi connectivity index (χ1v) is 10.6. The fourth-order valence-electron chi connectivity index (χ4n) is 5.89. The number of imide groups is 1. The number of hydrogen-bond acceptors (Lipinski definition) is 3. The van der Waals surface area contributed by atoms with Gasteiger partial charge in [-0.1, -0.05) is 37.1 Å². The van der Waals surface area contributed by atoms with E-state index in [4.69, 9.17) is 0 Å². The fraction of sp³-hybridized carbons (Fsp3) is 0.591. The third kappa shape index (κ3) is 2.57. The summed E-state index contributed by atoms with van der Waals surface area (Å²) in [5.41, 5.74) is 1.00. The van der Waals surface area contributed by atoms with Gasteiger partial charge >= 0.3 is 6.03 Å². The number of carbonyl (C=O) groups excluding carboxylic acids is 3. The zero-order chi connectivity index (χ0) is 19.3. The summed E-state index contributed by atoms with van der Waals surface area (Å²) < 4.78 is 0. The number of hydrogen-bond donors (Lipinski definition) is 1. The molecule has 2 saturated heterocycles. The van der Waals surface area contributed by atoms with Crippen LogP contribution >= 0.6 is 0 Å². The zero-order valence-electron chi connectivity index (χ0n) is 16.2. The maximum Gasteiger partial charge on any atom is 0.325 e. The average Bonchev–Trinajstić information content (AvgIpc) is 3.21. The van der Waals surface area contributed by atoms with Crippen molar-refractivity contribution in [3.63, 3.8) is 0 Å². The zero-order valence-corrected chi connectivity index (χ0v) is 16.2. The fourth-order valence-corrected chi connectivity index (χ4v) is 5.89. The van der Waals surface area contributed by atoms with Crippen molar-refractivity contribution in [2.75, 3.05) is 13.1 Å². The molecule has 1 aromatic carbocycles. The van der Waals surface area contributed by atoms with E-state index >= 15 is 0 Å². The summed E-state index contributed by atoms with van der Waals surface area (Å²) in [5.74, 6) is 0.235. The minimum Gasteiger partial charge on any atom is -0.338 e. The highest BCUT2D eigenvalue weighted by atomic mass is 16.2. The molecule has 0 radical (unpaired) electrons. The first kappa shape index (κ1) is 17.7. The van der Waals surface area contributed by atoms with E-state index in [1.807, 2.05) is 29.2 Å². The van der Waals surface area contributed by atoms with E-state index in [2.05, 4.69) is 5.32 Å². The molecule has 1 aromatic rings. The molecule has 6 heteroatoms. The Hall–Kier alpha value is -2.37. The van der Waals surface area contributed by atoms with Crippen molar-refractivity contribution < 1.29 is 14.4 Å². The normalized spacial score (nSPS) is 31.7. The number of aryl methyl sites for hydroxylation is 1. The van der Waals surface area contributed by atoms with Crippen LogP contribution in [0.2, 0.25) is 0 Å². The van der Waals surface area contributed by atoms with Gasteiger partial charge in [-0.05, 0) is 55.6 Å². The van der Waals surface area contributed by atoms with Crippen LogP contribution in [0.1, 0.15) is 56.1 Å². The van der Waals surface area contributed by atoms with Crippen LogP contribution in [-0.2, 0) is 21.5 Å². The number of urea groups is 1. The van der Waals surface area contributed by atoms with Gasteiger partial charge in [0.05, 0.1) is 0 Å². The summed E-state index contributed by atoms with van der Waals surface area (Å²) in [6, 6.07) is 7.63. The Morgan fingerprint density at radius 1 is 1.11 bits per heavy atom. The van der Waals surface area contributed by atoms with E-state index in [1.165, 1.54) is 19.3 Å². The Bertz CT molecular complexity index is 836. The Balaban J connectivity index is 1.35. The monoisotopic (exact) mass is 381 g/mol. The molecule has 6 nitrogen and oxygen atoms in total. The first-order valence-electron chi connectivity index (χ1n) is 10.6. The van der Waals surface area contributed by atoms with Crippen molar-refractivity contribution in [3.05, 3.63) is 35.4 Å². The predicted octanol–water partition coefficient (Wildman–Crippen LogP) is 2.56. The Kier molecular flexibility index (Phi) is 4.18. The van der Waals surface area contributed by atoms with Gasteiger partial charge in [0.25, 0.3) is 5.91 Å². The third-order valence-corrected chi connectivity index (χ3v) is 7.28. The third-order valence-electron chi connectivity index (χ3n) is 7.28. The molecule has 5 rings (SSSR count). The first-order chi connectivity index (χ1) is 13.6. The van der Waals surface area contributed by atoms with Crippen LogP contribution in [0.15, 0.2) is 24.3 Å². The SMILES string of the molecule is O=C1NC2(CCc3ccccc32)C(=O)N1CC(=O)N1CCCC2CCCCC21. The van der Waals surface area contributed by atoms with Crippen molar-refractivity contribution >= 4 is 17.8 Å². The van der Waals surface area contributed by atoms with E-state index in [-0.39, 0.29) is 24.4 Å². The van der Waals surface area contributed by atoms with Crippen LogP contribution in [-0.4, -0.2) is 46.8 Å². The number of nitrogens with one attached hydrogen (secondary N) is 1. The molecule has 2 heterocycles. The van der Waals surface area contributed by atoms with Gasteiger partial charge in [-0.15, -0.1) is 0 Å². The van der Waals surface area contributed by atoms with E-state index in [0.717, 1.165) is 48.3 Å². The number of benzene rings is 1. The molecule has 3 unspecified atom stereocenters. The number of rotatable bonds is 2. The summed E-state index contributed by atoms with van der Waals surface area (Å²) in [4.78, 5) is 42.2. The maximum atomic E-state index is 13.3. The summed E-state index contributed by atoms with van der Waals surface area (Å²) in [6.45, 7) is 0.607. The van der Waals surface area contributed by atoms with Crippen molar-refractivity contribution in [1.29, 1.82) is 0 Å². The lowest BCUT2D eigenvalue weighted by Crippen LogP contribution is -2.53. The molecule has 148 valence electrons. The van der Waals surface area contributed by atoms with Crippen LogP contribution in [0.25, 0.3) is 0 Å². The van der Waals surface area contributed by atoms with Gasteiger partial charge < -0.3 is 10.2 Å². The maximum absolute atomic E-state index is 13.3. The predicted molar refractivity (Wildman–Crippen MR) is 103 cm³/mol. The lowest BCUT2D eigenvalue weighted by Gasteiger charge is -2.44. The van der Waals surface area contributed by atoms with Crippen LogP contribution < -0.4 is 5.32 Å². The van der Waals surface area contributed by atoms with Gasteiger partial charge in [-0.2, -0.15) is 0 Å². The van der Waals surface area contributed by atoms with Crippen molar-refractivity contribution in [1.82, 2.24) is 15.1 Å². The second-order valence-corrected chi connectivity index (χ2v) is 8.73. The molecule has 3 fully saturated rings. The summed E-state index contributed by atoms with van der Waals surface area (Å²) in [7, 11) is 0. The van der Waals surface area contributed by atoms with Crippen molar-refractivity contribution in [2.45, 2.75) is 62.9 Å². The number of amides is 4. The quantitative estimate of drug-likeness (QED) is 0.801. The average molecular weight is 381 g/mol. The molecule has 1 spiro atoms. The molecule has 3 atom stereocenters. The van der Waals surface area contributed by atoms with Crippen molar-refractivity contribution in [3.8, 4) is 0 Å². The van der Waals surface area contributed by atoms with E-state index < -0.39 is 11.6 Å². The Morgan fingerprint density at radius 3 is 2.79 bits per heavy atom. The number of fused-ring (bicyclic) bond motifs is 3. The summed E-state index contributed by atoms with van der Waals surface area (Å²) in [5, 5.41) is 2.92. The van der Waals surface area contributed by atoms with E-state index in [1.54, 1.807) is 0 Å². The minimum absolute atomic E-state index is 0.0802. The molecular weight excluding hydrogens is 354 g/mol. The van der Waals surface area contributed by atoms with Crippen LogP contribution in [0, 0.1) is 5.92 Å². The number of nitrogens with zero attached hydrogens (tertiary/aromatic N) is 2. The van der Waals surface area contributed by atoms with Gasteiger partial charge in [0.1, 0.15) is 12.1 Å². The molecule has 1 N–H and O–H groups in total. The van der Waals surface area contributed by atoms with Gasteiger partial charge in [0.15, 0.2) is 0 Å². The summed E-state index contributed by atoms with van der Waals surface area (Å²) >= 11 is 0. The Labute approximate surface area is 165 Å². The van der Waals surface area contributed by atoms with Crippen LogP contribution in [0.5, 0.6) is 0 Å². The second-order valence-electron chi connectivity index (χ2n) is 8.73. The van der Waals surface area contributed by atoms with Crippen molar-refractivity contribution in [2.24, 2.45) is 5.92 Å². The molecule has 0 bridgehead atoms. The summed E-state index contributed by atoms with van der Waals surface area (Å²) in [6.07, 6.45) is 8.19. The topological polar surface area (TPSA) is 69.7 Å². The van der Waals surface area contributed by atoms with E-state index in [0.29, 0.717) is 12.3 Å². The van der Waals surface area contributed by atoms with Gasteiger partial charge in [-0.25, -0.2) is 4.79 Å². The molecule has 4 amide bonds.